The standard InChI is InChI=1S/C15H28Si/c1-9-10-11-15(5,14(2,3)4)12-13-16(6,7)8/h9H,1,10-11H2,2-8H3. The molecule has 16 heavy (non-hydrogen) atoms. The molecule has 1 heteroatoms. The van der Waals surface area contributed by atoms with Crippen LogP contribution in [-0.2, 0) is 0 Å². The Morgan fingerprint density at radius 1 is 1.12 bits per heavy atom. The minimum absolute atomic E-state index is 0.0987. The van der Waals surface area contributed by atoms with Gasteiger partial charge in [0.15, 0.2) is 0 Å². The lowest BCUT2D eigenvalue weighted by Crippen LogP contribution is -2.32. The number of hydrogen-bond donors (Lipinski definition) is 0. The molecule has 0 aliphatic rings. The van der Waals surface area contributed by atoms with Gasteiger partial charge in [-0.05, 0) is 25.2 Å². The maximum Gasteiger partial charge on any atom is 0.129 e. The topological polar surface area (TPSA) is 0 Å². The van der Waals surface area contributed by atoms with Crippen LogP contribution in [0.2, 0.25) is 19.6 Å². The normalized spacial score (nSPS) is 15.9. The minimum Gasteiger partial charge on any atom is -0.131 e. The highest BCUT2D eigenvalue weighted by molar-refractivity contribution is 6.83. The molecular weight excluding hydrogens is 208 g/mol. The van der Waals surface area contributed by atoms with Crippen LogP contribution in [0.5, 0.6) is 0 Å². The molecule has 0 fully saturated rings. The van der Waals surface area contributed by atoms with Crippen molar-refractivity contribution in [3.63, 3.8) is 0 Å². The molecule has 92 valence electrons. The van der Waals surface area contributed by atoms with Gasteiger partial charge in [0.25, 0.3) is 0 Å². The van der Waals surface area contributed by atoms with Gasteiger partial charge in [0.1, 0.15) is 8.07 Å². The molecule has 0 radical (unpaired) electrons. The summed E-state index contributed by atoms with van der Waals surface area (Å²) in [5, 5.41) is 0. The Balaban J connectivity index is 5.07. The molecule has 1 unspecified atom stereocenters. The summed E-state index contributed by atoms with van der Waals surface area (Å²) in [7, 11) is -1.27. The van der Waals surface area contributed by atoms with Crippen LogP contribution in [0.15, 0.2) is 12.7 Å². The maximum absolute atomic E-state index is 3.82. The average molecular weight is 236 g/mol. The van der Waals surface area contributed by atoms with E-state index in [0.29, 0.717) is 0 Å². The van der Waals surface area contributed by atoms with Crippen LogP contribution in [0, 0.1) is 22.3 Å². The molecule has 0 bridgehead atoms. The van der Waals surface area contributed by atoms with E-state index in [1.807, 2.05) is 6.08 Å². The summed E-state index contributed by atoms with van der Waals surface area (Å²) in [5.74, 6) is 3.57. The number of allylic oxidation sites excluding steroid dienone is 1. The molecule has 0 heterocycles. The lowest BCUT2D eigenvalue weighted by atomic mass is 9.66. The molecule has 0 amide bonds. The predicted molar refractivity (Wildman–Crippen MR) is 78.1 cm³/mol. The highest BCUT2D eigenvalue weighted by Crippen LogP contribution is 2.41. The van der Waals surface area contributed by atoms with Gasteiger partial charge in [-0.1, -0.05) is 46.5 Å². The van der Waals surface area contributed by atoms with Crippen molar-refractivity contribution >= 4 is 8.07 Å². The first-order chi connectivity index (χ1) is 7.02. The van der Waals surface area contributed by atoms with Crippen LogP contribution in [-0.4, -0.2) is 8.07 Å². The summed E-state index contributed by atoms with van der Waals surface area (Å²) in [5.41, 5.74) is 3.86. The molecule has 0 aromatic rings. The minimum atomic E-state index is -1.27. The first kappa shape index (κ1) is 15.5. The zero-order valence-electron chi connectivity index (χ0n) is 12.2. The van der Waals surface area contributed by atoms with Crippen LogP contribution < -0.4 is 0 Å². The maximum atomic E-state index is 3.82. The fraction of sp³-hybridized carbons (Fsp3) is 0.733. The van der Waals surface area contributed by atoms with Gasteiger partial charge in [0, 0.05) is 5.41 Å². The highest BCUT2D eigenvalue weighted by atomic mass is 28.3. The Hall–Kier alpha value is -0.483. The second kappa shape index (κ2) is 5.23. The van der Waals surface area contributed by atoms with Gasteiger partial charge in [-0.3, -0.25) is 0 Å². The van der Waals surface area contributed by atoms with E-state index in [0.717, 1.165) is 12.8 Å². The molecule has 0 saturated heterocycles. The Morgan fingerprint density at radius 3 is 1.94 bits per heavy atom. The second-order valence-corrected chi connectivity index (χ2v) is 11.7. The van der Waals surface area contributed by atoms with Gasteiger partial charge >= 0.3 is 0 Å². The van der Waals surface area contributed by atoms with Gasteiger partial charge in [-0.25, -0.2) is 0 Å². The lowest BCUT2D eigenvalue weighted by Gasteiger charge is -2.38. The molecule has 0 aliphatic heterocycles. The van der Waals surface area contributed by atoms with E-state index < -0.39 is 8.07 Å². The van der Waals surface area contributed by atoms with Crippen molar-refractivity contribution in [1.29, 1.82) is 0 Å². The van der Waals surface area contributed by atoms with Gasteiger partial charge in [0.2, 0.25) is 0 Å². The van der Waals surface area contributed by atoms with Crippen molar-refractivity contribution < 1.29 is 0 Å². The molecule has 0 N–H and O–H groups in total. The Kier molecular flexibility index (Phi) is 5.07. The summed E-state index contributed by atoms with van der Waals surface area (Å²) in [6.45, 7) is 19.9. The number of hydrogen-bond acceptors (Lipinski definition) is 0. The van der Waals surface area contributed by atoms with Crippen molar-refractivity contribution in [3.05, 3.63) is 12.7 Å². The SMILES string of the molecule is C=CCCC(C)(C#C[Si](C)(C)C)C(C)(C)C. The van der Waals surface area contributed by atoms with Crippen molar-refractivity contribution in [1.82, 2.24) is 0 Å². The highest BCUT2D eigenvalue weighted by Gasteiger charge is 2.35. The molecule has 0 aromatic carbocycles. The van der Waals surface area contributed by atoms with Crippen molar-refractivity contribution in [2.75, 3.05) is 0 Å². The molecule has 0 aromatic heterocycles. The van der Waals surface area contributed by atoms with Crippen LogP contribution in [0.4, 0.5) is 0 Å². The molecule has 0 aliphatic carbocycles. The number of rotatable bonds is 3. The third kappa shape index (κ3) is 5.03. The zero-order chi connectivity index (χ0) is 13.0. The first-order valence-electron chi connectivity index (χ1n) is 6.17. The lowest BCUT2D eigenvalue weighted by molar-refractivity contribution is 0.169. The molecule has 1 atom stereocenters. The average Bonchev–Trinajstić information content (AvgIpc) is 2.08. The van der Waals surface area contributed by atoms with E-state index in [-0.39, 0.29) is 10.8 Å². The van der Waals surface area contributed by atoms with Crippen LogP contribution in [0.3, 0.4) is 0 Å². The van der Waals surface area contributed by atoms with Gasteiger partial charge < -0.3 is 0 Å². The van der Waals surface area contributed by atoms with E-state index in [9.17, 15) is 0 Å². The molecule has 0 rings (SSSR count). The third-order valence-corrected chi connectivity index (χ3v) is 4.09. The molecule has 0 saturated carbocycles. The summed E-state index contributed by atoms with van der Waals surface area (Å²) in [6, 6.07) is 0. The van der Waals surface area contributed by atoms with Crippen molar-refractivity contribution in [2.45, 2.75) is 60.2 Å². The monoisotopic (exact) mass is 236 g/mol. The molecule has 0 spiro atoms. The van der Waals surface area contributed by atoms with E-state index in [1.165, 1.54) is 0 Å². The van der Waals surface area contributed by atoms with E-state index >= 15 is 0 Å². The molecule has 0 nitrogen and oxygen atoms in total. The van der Waals surface area contributed by atoms with E-state index in [2.05, 4.69) is 65.4 Å². The fourth-order valence-electron chi connectivity index (χ4n) is 1.34. The quantitative estimate of drug-likeness (QED) is 0.372. The second-order valence-electron chi connectivity index (χ2n) is 6.91. The molecular formula is C15H28Si. The van der Waals surface area contributed by atoms with Crippen molar-refractivity contribution in [2.24, 2.45) is 10.8 Å². The van der Waals surface area contributed by atoms with Crippen LogP contribution in [0.1, 0.15) is 40.5 Å². The Labute approximate surface area is 104 Å². The first-order valence-corrected chi connectivity index (χ1v) is 9.67. The van der Waals surface area contributed by atoms with Gasteiger partial charge in [0.05, 0.1) is 0 Å². The zero-order valence-corrected chi connectivity index (χ0v) is 13.2. The van der Waals surface area contributed by atoms with Gasteiger partial charge in [-0.15, -0.1) is 18.0 Å². The fourth-order valence-corrected chi connectivity index (χ4v) is 1.99. The van der Waals surface area contributed by atoms with Crippen LogP contribution >= 0.6 is 0 Å². The Morgan fingerprint density at radius 2 is 1.62 bits per heavy atom. The Bertz CT molecular complexity index is 290. The summed E-state index contributed by atoms with van der Waals surface area (Å²) >= 11 is 0. The summed E-state index contributed by atoms with van der Waals surface area (Å²) in [6.07, 6.45) is 4.16. The summed E-state index contributed by atoms with van der Waals surface area (Å²) in [4.78, 5) is 0. The largest absolute Gasteiger partial charge is 0.131 e. The van der Waals surface area contributed by atoms with Gasteiger partial charge in [-0.2, -0.15) is 0 Å². The predicted octanol–water partition coefficient (Wildman–Crippen LogP) is 4.89. The smallest absolute Gasteiger partial charge is 0.129 e. The van der Waals surface area contributed by atoms with Crippen LogP contribution in [0.25, 0.3) is 0 Å². The summed E-state index contributed by atoms with van der Waals surface area (Å²) < 4.78 is 0. The van der Waals surface area contributed by atoms with Crippen molar-refractivity contribution in [3.8, 4) is 11.5 Å². The third-order valence-electron chi connectivity index (χ3n) is 3.22. The van der Waals surface area contributed by atoms with E-state index in [4.69, 9.17) is 0 Å². The van der Waals surface area contributed by atoms with E-state index in [1.54, 1.807) is 0 Å².